The highest BCUT2D eigenvalue weighted by atomic mass is 79.9. The Bertz CT molecular complexity index is 737. The van der Waals surface area contributed by atoms with Crippen molar-refractivity contribution in [3.63, 3.8) is 0 Å². The first-order valence-corrected chi connectivity index (χ1v) is 7.50. The molecule has 6 heteroatoms. The Morgan fingerprint density at radius 2 is 2.10 bits per heavy atom. The van der Waals surface area contributed by atoms with E-state index in [4.69, 9.17) is 11.6 Å². The number of aromatic nitrogens is 2. The lowest BCUT2D eigenvalue weighted by atomic mass is 10.1. The number of unbranched alkanes of at least 4 members (excludes halogenated alkanes) is 1. The number of nitrogens with zero attached hydrogens (tertiary/aromatic N) is 1. The number of hydrogen-bond acceptors (Lipinski definition) is 2. The van der Waals surface area contributed by atoms with E-state index in [1.165, 1.54) is 4.57 Å². The Kier molecular flexibility index (Phi) is 4.83. The molecule has 1 N–H and O–H groups in total. The molecule has 2 aromatic rings. The van der Waals surface area contributed by atoms with Gasteiger partial charge in [0.05, 0.1) is 5.56 Å². The van der Waals surface area contributed by atoms with Crippen LogP contribution in [0.2, 0.25) is 5.15 Å². The number of aromatic amines is 1. The van der Waals surface area contributed by atoms with Gasteiger partial charge in [0, 0.05) is 11.0 Å². The molecule has 1 heterocycles. The van der Waals surface area contributed by atoms with E-state index in [1.807, 2.05) is 19.1 Å². The van der Waals surface area contributed by atoms with Crippen LogP contribution >= 0.6 is 27.5 Å². The summed E-state index contributed by atoms with van der Waals surface area (Å²) in [6.07, 6.45) is 1.67. The molecule has 0 amide bonds. The molecule has 106 valence electrons. The molecular formula is C14H14BrClN2O2. The van der Waals surface area contributed by atoms with Gasteiger partial charge in [-0.3, -0.25) is 14.3 Å². The number of nitrogens with one attached hydrogen (secondary N) is 1. The van der Waals surface area contributed by atoms with E-state index in [9.17, 15) is 9.59 Å². The van der Waals surface area contributed by atoms with Gasteiger partial charge in [-0.05, 0) is 24.1 Å². The van der Waals surface area contributed by atoms with Crippen molar-refractivity contribution in [2.75, 3.05) is 0 Å². The number of rotatable bonds is 4. The Balaban J connectivity index is 2.65. The Morgan fingerprint density at radius 1 is 1.35 bits per heavy atom. The maximum absolute atomic E-state index is 12.5. The highest BCUT2D eigenvalue weighted by Gasteiger charge is 2.14. The molecule has 0 fully saturated rings. The van der Waals surface area contributed by atoms with Gasteiger partial charge in [0.1, 0.15) is 5.15 Å². The number of benzene rings is 1. The minimum Gasteiger partial charge on any atom is -0.297 e. The standard InChI is InChI=1S/C14H14BrClN2O2/c1-2-3-7-18-13(19)11(12(16)17-14(18)20)9-5-4-6-10(15)8-9/h4-6,8H,2-3,7H2,1H3,(H,17,20). The predicted octanol–water partition coefficient (Wildman–Crippen LogP) is 3.42. The molecule has 0 aliphatic heterocycles. The van der Waals surface area contributed by atoms with E-state index in [0.29, 0.717) is 17.7 Å². The third-order valence-electron chi connectivity index (χ3n) is 2.99. The van der Waals surface area contributed by atoms with Gasteiger partial charge in [0.25, 0.3) is 5.56 Å². The normalized spacial score (nSPS) is 10.8. The van der Waals surface area contributed by atoms with Crippen LogP contribution in [0, 0.1) is 0 Å². The lowest BCUT2D eigenvalue weighted by Gasteiger charge is -2.09. The van der Waals surface area contributed by atoms with Crippen molar-refractivity contribution >= 4 is 27.5 Å². The number of hydrogen-bond donors (Lipinski definition) is 1. The topological polar surface area (TPSA) is 54.9 Å². The van der Waals surface area contributed by atoms with Crippen LogP contribution in [0.25, 0.3) is 11.1 Å². The lowest BCUT2D eigenvalue weighted by Crippen LogP contribution is -2.36. The first-order valence-electron chi connectivity index (χ1n) is 6.33. The van der Waals surface area contributed by atoms with Gasteiger partial charge < -0.3 is 0 Å². The van der Waals surface area contributed by atoms with Crippen LogP contribution in [0.5, 0.6) is 0 Å². The summed E-state index contributed by atoms with van der Waals surface area (Å²) in [5, 5.41) is 0.0749. The third-order valence-corrected chi connectivity index (χ3v) is 3.77. The van der Waals surface area contributed by atoms with Gasteiger partial charge in [0.15, 0.2) is 0 Å². The van der Waals surface area contributed by atoms with Gasteiger partial charge in [0.2, 0.25) is 0 Å². The average Bonchev–Trinajstić information content (AvgIpc) is 2.38. The maximum Gasteiger partial charge on any atom is 0.329 e. The molecule has 2 rings (SSSR count). The fourth-order valence-electron chi connectivity index (χ4n) is 1.96. The molecule has 1 aromatic heterocycles. The fourth-order valence-corrected chi connectivity index (χ4v) is 2.63. The van der Waals surface area contributed by atoms with Crippen molar-refractivity contribution in [2.45, 2.75) is 26.3 Å². The van der Waals surface area contributed by atoms with Crippen LogP contribution in [-0.2, 0) is 6.54 Å². The Hall–Kier alpha value is -1.33. The molecule has 0 spiro atoms. The highest BCUT2D eigenvalue weighted by molar-refractivity contribution is 9.10. The van der Waals surface area contributed by atoms with Crippen molar-refractivity contribution in [3.8, 4) is 11.1 Å². The van der Waals surface area contributed by atoms with E-state index in [2.05, 4.69) is 20.9 Å². The second-order valence-electron chi connectivity index (χ2n) is 4.44. The van der Waals surface area contributed by atoms with E-state index in [-0.39, 0.29) is 10.7 Å². The second kappa shape index (κ2) is 6.41. The van der Waals surface area contributed by atoms with Gasteiger partial charge in [-0.2, -0.15) is 0 Å². The van der Waals surface area contributed by atoms with E-state index in [1.54, 1.807) is 12.1 Å². The smallest absolute Gasteiger partial charge is 0.297 e. The van der Waals surface area contributed by atoms with Crippen LogP contribution in [0.1, 0.15) is 19.8 Å². The van der Waals surface area contributed by atoms with E-state index >= 15 is 0 Å². The quantitative estimate of drug-likeness (QED) is 0.852. The maximum atomic E-state index is 12.5. The van der Waals surface area contributed by atoms with Gasteiger partial charge in [-0.1, -0.05) is 53.0 Å². The average molecular weight is 358 g/mol. The zero-order valence-corrected chi connectivity index (χ0v) is 13.3. The lowest BCUT2D eigenvalue weighted by molar-refractivity contribution is 0.584. The van der Waals surface area contributed by atoms with Crippen LogP contribution < -0.4 is 11.2 Å². The summed E-state index contributed by atoms with van der Waals surface area (Å²) in [6, 6.07) is 7.26. The largest absolute Gasteiger partial charge is 0.329 e. The molecule has 0 aliphatic carbocycles. The first kappa shape index (κ1) is 15.1. The first-order chi connectivity index (χ1) is 9.54. The second-order valence-corrected chi connectivity index (χ2v) is 5.73. The number of H-pyrrole nitrogens is 1. The van der Waals surface area contributed by atoms with Gasteiger partial charge in [-0.15, -0.1) is 0 Å². The summed E-state index contributed by atoms with van der Waals surface area (Å²) in [5.74, 6) is 0. The van der Waals surface area contributed by atoms with E-state index < -0.39 is 5.69 Å². The number of halogens is 2. The molecule has 0 atom stereocenters. The van der Waals surface area contributed by atoms with Crippen molar-refractivity contribution in [2.24, 2.45) is 0 Å². The minimum atomic E-state index is -0.466. The van der Waals surface area contributed by atoms with Gasteiger partial charge in [-0.25, -0.2) is 4.79 Å². The summed E-state index contributed by atoms with van der Waals surface area (Å²) < 4.78 is 2.04. The molecule has 4 nitrogen and oxygen atoms in total. The van der Waals surface area contributed by atoms with Gasteiger partial charge >= 0.3 is 5.69 Å². The summed E-state index contributed by atoms with van der Waals surface area (Å²) in [6.45, 7) is 2.40. The van der Waals surface area contributed by atoms with E-state index in [0.717, 1.165) is 17.3 Å². The Labute approximate surface area is 129 Å². The summed E-state index contributed by atoms with van der Waals surface area (Å²) >= 11 is 9.40. The van der Waals surface area contributed by atoms with Crippen LogP contribution in [0.15, 0.2) is 38.3 Å². The van der Waals surface area contributed by atoms with Crippen molar-refractivity contribution in [3.05, 3.63) is 54.7 Å². The van der Waals surface area contributed by atoms with Crippen molar-refractivity contribution < 1.29 is 0 Å². The molecule has 20 heavy (non-hydrogen) atoms. The summed E-state index contributed by atoms with van der Waals surface area (Å²) in [5.41, 5.74) is 0.178. The molecule has 0 radical (unpaired) electrons. The molecule has 0 unspecified atom stereocenters. The SMILES string of the molecule is CCCCn1c(=O)[nH]c(Cl)c(-c2cccc(Br)c2)c1=O. The molecule has 1 aromatic carbocycles. The highest BCUT2D eigenvalue weighted by Crippen LogP contribution is 2.24. The van der Waals surface area contributed by atoms with Crippen LogP contribution in [0.4, 0.5) is 0 Å². The molecule has 0 saturated carbocycles. The Morgan fingerprint density at radius 3 is 2.75 bits per heavy atom. The predicted molar refractivity (Wildman–Crippen MR) is 84.4 cm³/mol. The molecule has 0 bridgehead atoms. The minimum absolute atomic E-state index is 0.0749. The zero-order chi connectivity index (χ0) is 14.7. The summed E-state index contributed by atoms with van der Waals surface area (Å²) in [4.78, 5) is 26.8. The van der Waals surface area contributed by atoms with Crippen molar-refractivity contribution in [1.82, 2.24) is 9.55 Å². The molecular weight excluding hydrogens is 344 g/mol. The van der Waals surface area contributed by atoms with Crippen LogP contribution in [-0.4, -0.2) is 9.55 Å². The van der Waals surface area contributed by atoms with Crippen molar-refractivity contribution in [1.29, 1.82) is 0 Å². The van der Waals surface area contributed by atoms with Crippen LogP contribution in [0.3, 0.4) is 0 Å². The third kappa shape index (κ3) is 3.04. The fraction of sp³-hybridized carbons (Fsp3) is 0.286. The molecule has 0 saturated heterocycles. The monoisotopic (exact) mass is 356 g/mol. The zero-order valence-electron chi connectivity index (χ0n) is 11.0. The molecule has 0 aliphatic rings. The summed E-state index contributed by atoms with van der Waals surface area (Å²) in [7, 11) is 0.